The standard InChI is InChI=1S/C21H42O4/c1-2-3-4-5-6-7-8-9-10-11-12-13-14-15-16-18-20(23)21(24)19(17-22)25-18/h18-24H,2-17H2,1H3/t18?,19-,20+,21-/m1/s1. The van der Waals surface area contributed by atoms with Gasteiger partial charge in [0.2, 0.25) is 0 Å². The fourth-order valence-electron chi connectivity index (χ4n) is 3.76. The van der Waals surface area contributed by atoms with Crippen LogP contribution in [0.15, 0.2) is 0 Å². The molecule has 25 heavy (non-hydrogen) atoms. The van der Waals surface area contributed by atoms with E-state index in [9.17, 15) is 10.2 Å². The van der Waals surface area contributed by atoms with Crippen LogP contribution in [0, 0.1) is 0 Å². The molecule has 1 aliphatic heterocycles. The van der Waals surface area contributed by atoms with Gasteiger partial charge in [-0.15, -0.1) is 0 Å². The van der Waals surface area contributed by atoms with Crippen LogP contribution in [-0.2, 0) is 4.74 Å². The molecule has 0 saturated carbocycles. The van der Waals surface area contributed by atoms with E-state index in [1.54, 1.807) is 0 Å². The predicted octanol–water partition coefficient (Wildman–Crippen LogP) is 4.34. The lowest BCUT2D eigenvalue weighted by Crippen LogP contribution is -2.33. The molecule has 1 aliphatic rings. The second-order valence-corrected chi connectivity index (χ2v) is 7.76. The second kappa shape index (κ2) is 15.0. The van der Waals surface area contributed by atoms with Crippen LogP contribution >= 0.6 is 0 Å². The molecular formula is C21H42O4. The van der Waals surface area contributed by atoms with Crippen LogP contribution in [0.1, 0.15) is 103 Å². The van der Waals surface area contributed by atoms with Crippen LogP contribution in [0.3, 0.4) is 0 Å². The molecule has 0 radical (unpaired) electrons. The van der Waals surface area contributed by atoms with Crippen LogP contribution < -0.4 is 0 Å². The smallest absolute Gasteiger partial charge is 0.111 e. The van der Waals surface area contributed by atoms with E-state index in [1.807, 2.05) is 0 Å². The average molecular weight is 359 g/mol. The first-order valence-corrected chi connectivity index (χ1v) is 10.8. The number of hydrogen-bond donors (Lipinski definition) is 3. The summed E-state index contributed by atoms with van der Waals surface area (Å²) < 4.78 is 5.50. The zero-order valence-corrected chi connectivity index (χ0v) is 16.4. The molecule has 0 aromatic carbocycles. The van der Waals surface area contributed by atoms with E-state index >= 15 is 0 Å². The highest BCUT2D eigenvalue weighted by atomic mass is 16.6. The minimum Gasteiger partial charge on any atom is -0.394 e. The molecule has 4 nitrogen and oxygen atoms in total. The van der Waals surface area contributed by atoms with Crippen LogP contribution in [0.2, 0.25) is 0 Å². The van der Waals surface area contributed by atoms with Gasteiger partial charge in [0.1, 0.15) is 18.3 Å². The van der Waals surface area contributed by atoms with Crippen LogP contribution in [0.4, 0.5) is 0 Å². The lowest BCUT2D eigenvalue weighted by Gasteiger charge is -2.14. The van der Waals surface area contributed by atoms with Gasteiger partial charge in [0, 0.05) is 0 Å². The van der Waals surface area contributed by atoms with Crippen molar-refractivity contribution in [1.29, 1.82) is 0 Å². The summed E-state index contributed by atoms with van der Waals surface area (Å²) in [5, 5.41) is 28.7. The molecule has 0 aromatic rings. The molecular weight excluding hydrogens is 316 g/mol. The van der Waals surface area contributed by atoms with Crippen LogP contribution in [0.25, 0.3) is 0 Å². The normalized spacial score (nSPS) is 26.4. The number of unbranched alkanes of at least 4 members (excludes halogenated alkanes) is 13. The summed E-state index contributed by atoms with van der Waals surface area (Å²) in [4.78, 5) is 0. The maximum atomic E-state index is 9.88. The van der Waals surface area contributed by atoms with E-state index in [0.717, 1.165) is 19.3 Å². The van der Waals surface area contributed by atoms with Gasteiger partial charge in [0.15, 0.2) is 0 Å². The van der Waals surface area contributed by atoms with Gasteiger partial charge in [-0.3, -0.25) is 0 Å². The van der Waals surface area contributed by atoms with Crippen LogP contribution in [0.5, 0.6) is 0 Å². The number of ether oxygens (including phenoxy) is 1. The summed E-state index contributed by atoms with van der Waals surface area (Å²) >= 11 is 0. The third kappa shape index (κ3) is 9.93. The zero-order chi connectivity index (χ0) is 18.3. The van der Waals surface area contributed by atoms with Gasteiger partial charge < -0.3 is 20.1 Å². The second-order valence-electron chi connectivity index (χ2n) is 7.76. The fraction of sp³-hybridized carbons (Fsp3) is 1.00. The molecule has 150 valence electrons. The van der Waals surface area contributed by atoms with Crippen molar-refractivity contribution in [3.05, 3.63) is 0 Å². The molecule has 1 rings (SSSR count). The maximum absolute atomic E-state index is 9.88. The lowest BCUT2D eigenvalue weighted by atomic mass is 10.0. The Bertz CT molecular complexity index is 298. The minimum atomic E-state index is -0.943. The summed E-state index contributed by atoms with van der Waals surface area (Å²) in [7, 11) is 0. The number of rotatable bonds is 16. The molecule has 3 N–H and O–H groups in total. The van der Waals surface area contributed by atoms with Crippen molar-refractivity contribution in [3.63, 3.8) is 0 Å². The molecule has 4 heteroatoms. The SMILES string of the molecule is CCCCCCCCCCCCCCCCC1O[C@H](CO)[C@@H](O)[C@H]1O. The molecule has 0 amide bonds. The lowest BCUT2D eigenvalue weighted by molar-refractivity contribution is -0.0246. The Morgan fingerprint density at radius 2 is 1.00 bits per heavy atom. The van der Waals surface area contributed by atoms with Crippen molar-refractivity contribution < 1.29 is 20.1 Å². The average Bonchev–Trinajstić information content (AvgIpc) is 2.90. The monoisotopic (exact) mass is 358 g/mol. The van der Waals surface area contributed by atoms with E-state index in [4.69, 9.17) is 9.84 Å². The van der Waals surface area contributed by atoms with Crippen molar-refractivity contribution in [3.8, 4) is 0 Å². The summed E-state index contributed by atoms with van der Waals surface area (Å²) in [6.07, 6.45) is 16.6. The van der Waals surface area contributed by atoms with Gasteiger partial charge in [-0.1, -0.05) is 96.8 Å². The van der Waals surface area contributed by atoms with E-state index in [-0.39, 0.29) is 12.7 Å². The first-order valence-electron chi connectivity index (χ1n) is 10.8. The molecule has 1 heterocycles. The first kappa shape index (κ1) is 22.9. The van der Waals surface area contributed by atoms with E-state index in [2.05, 4.69) is 6.92 Å². The highest BCUT2D eigenvalue weighted by Gasteiger charge is 2.41. The Balaban J connectivity index is 1.82. The van der Waals surface area contributed by atoms with Crippen molar-refractivity contribution >= 4 is 0 Å². The van der Waals surface area contributed by atoms with Crippen molar-refractivity contribution in [2.75, 3.05) is 6.61 Å². The third-order valence-corrected chi connectivity index (χ3v) is 5.48. The maximum Gasteiger partial charge on any atom is 0.111 e. The Kier molecular flexibility index (Phi) is 13.7. The van der Waals surface area contributed by atoms with Crippen molar-refractivity contribution in [2.24, 2.45) is 0 Å². The molecule has 1 saturated heterocycles. The van der Waals surface area contributed by atoms with Gasteiger partial charge in [-0.05, 0) is 6.42 Å². The van der Waals surface area contributed by atoms with Gasteiger partial charge in [0.25, 0.3) is 0 Å². The van der Waals surface area contributed by atoms with Gasteiger partial charge in [0.05, 0.1) is 12.7 Å². The summed E-state index contributed by atoms with van der Waals surface area (Å²) in [6, 6.07) is 0. The summed E-state index contributed by atoms with van der Waals surface area (Å²) in [5.74, 6) is 0. The topological polar surface area (TPSA) is 69.9 Å². The summed E-state index contributed by atoms with van der Waals surface area (Å²) in [5.41, 5.74) is 0. The van der Waals surface area contributed by atoms with E-state index in [1.165, 1.54) is 77.0 Å². The first-order chi connectivity index (χ1) is 12.2. The number of aliphatic hydroxyl groups excluding tert-OH is 3. The highest BCUT2D eigenvalue weighted by Crippen LogP contribution is 2.25. The Hall–Kier alpha value is -0.160. The third-order valence-electron chi connectivity index (χ3n) is 5.48. The predicted molar refractivity (Wildman–Crippen MR) is 103 cm³/mol. The van der Waals surface area contributed by atoms with E-state index < -0.39 is 18.3 Å². The fourth-order valence-corrected chi connectivity index (χ4v) is 3.76. The van der Waals surface area contributed by atoms with Gasteiger partial charge >= 0.3 is 0 Å². The molecule has 1 fully saturated rings. The molecule has 0 aliphatic carbocycles. The Labute approximate surface area is 155 Å². The zero-order valence-electron chi connectivity index (χ0n) is 16.4. The van der Waals surface area contributed by atoms with Gasteiger partial charge in [-0.2, -0.15) is 0 Å². The largest absolute Gasteiger partial charge is 0.394 e. The highest BCUT2D eigenvalue weighted by molar-refractivity contribution is 4.90. The van der Waals surface area contributed by atoms with Crippen molar-refractivity contribution in [1.82, 2.24) is 0 Å². The molecule has 1 unspecified atom stereocenters. The number of hydrogen-bond acceptors (Lipinski definition) is 4. The molecule has 4 atom stereocenters. The van der Waals surface area contributed by atoms with E-state index in [0.29, 0.717) is 0 Å². The van der Waals surface area contributed by atoms with Crippen LogP contribution in [-0.4, -0.2) is 46.3 Å². The Morgan fingerprint density at radius 3 is 1.40 bits per heavy atom. The number of aliphatic hydroxyl groups is 3. The Morgan fingerprint density at radius 1 is 0.600 bits per heavy atom. The minimum absolute atomic E-state index is 0.229. The molecule has 0 aromatic heterocycles. The molecule has 0 bridgehead atoms. The summed E-state index contributed by atoms with van der Waals surface area (Å²) in [6.45, 7) is 2.04. The van der Waals surface area contributed by atoms with Gasteiger partial charge in [-0.25, -0.2) is 0 Å². The van der Waals surface area contributed by atoms with Crippen molar-refractivity contribution in [2.45, 2.75) is 128 Å². The molecule has 0 spiro atoms. The quantitative estimate of drug-likeness (QED) is 0.359.